The molecule has 6 nitrogen and oxygen atoms in total. The fourth-order valence-electron chi connectivity index (χ4n) is 1.43. The summed E-state index contributed by atoms with van der Waals surface area (Å²) in [4.78, 5) is 25.2. The molecule has 92 valence electrons. The molecule has 7 heteroatoms. The number of carbonyl (C=O) groups is 1. The summed E-state index contributed by atoms with van der Waals surface area (Å²) in [6, 6.07) is 4.14. The number of halogens is 1. The average molecular weight is 267 g/mol. The second kappa shape index (κ2) is 4.58. The molecular weight excluding hydrogens is 260 g/mol. The van der Waals surface area contributed by atoms with Crippen LogP contribution in [-0.2, 0) is 9.53 Å². The lowest BCUT2D eigenvalue weighted by Crippen LogP contribution is -1.99. The van der Waals surface area contributed by atoms with Gasteiger partial charge in [0, 0.05) is 13.0 Å². The van der Waals surface area contributed by atoms with Crippen LogP contribution in [0.15, 0.2) is 28.9 Å². The number of nitro benzene ring substituents is 1. The molecule has 1 heterocycles. The molecule has 1 aliphatic rings. The van der Waals surface area contributed by atoms with Gasteiger partial charge in [-0.25, -0.2) is 9.79 Å². The zero-order chi connectivity index (χ0) is 13.3. The molecule has 0 fully saturated rings. The molecule has 0 spiro atoms. The lowest BCUT2D eigenvalue weighted by molar-refractivity contribution is -0.384. The first kappa shape index (κ1) is 12.3. The number of nitrogens with zero attached hydrogens (tertiary/aromatic N) is 2. The van der Waals surface area contributed by atoms with Crippen LogP contribution in [0.3, 0.4) is 0 Å². The molecule has 0 saturated carbocycles. The number of hydrogen-bond acceptors (Lipinski definition) is 5. The van der Waals surface area contributed by atoms with E-state index in [9.17, 15) is 14.9 Å². The molecule has 1 aromatic carbocycles. The number of aliphatic imine (C=N–C) groups is 1. The summed E-state index contributed by atoms with van der Waals surface area (Å²) in [6.07, 6.45) is 1.45. The molecule has 2 rings (SSSR count). The number of ether oxygens (including phenoxy) is 1. The molecule has 0 atom stereocenters. The highest BCUT2D eigenvalue weighted by Gasteiger charge is 2.20. The molecule has 0 aromatic heterocycles. The van der Waals surface area contributed by atoms with Crippen molar-refractivity contribution < 1.29 is 14.5 Å². The minimum atomic E-state index is -0.578. The minimum Gasteiger partial charge on any atom is -0.407 e. The van der Waals surface area contributed by atoms with Crippen LogP contribution < -0.4 is 0 Å². The SMILES string of the molecule is CC1=NC(=Cc2ccc([N+](=O)[O-])c(Cl)c2)C(=O)O1. The maximum Gasteiger partial charge on any atom is 0.363 e. The zero-order valence-electron chi connectivity index (χ0n) is 9.21. The maximum absolute atomic E-state index is 11.3. The molecule has 0 amide bonds. The number of benzene rings is 1. The van der Waals surface area contributed by atoms with Crippen molar-refractivity contribution in [2.75, 3.05) is 0 Å². The van der Waals surface area contributed by atoms with Crippen LogP contribution in [0.2, 0.25) is 5.02 Å². The van der Waals surface area contributed by atoms with E-state index < -0.39 is 10.9 Å². The van der Waals surface area contributed by atoms with Crippen LogP contribution in [0.25, 0.3) is 6.08 Å². The van der Waals surface area contributed by atoms with Gasteiger partial charge in [0.25, 0.3) is 5.69 Å². The summed E-state index contributed by atoms with van der Waals surface area (Å²) in [5, 5.41) is 10.6. The van der Waals surface area contributed by atoms with Gasteiger partial charge in [0.2, 0.25) is 0 Å². The van der Waals surface area contributed by atoms with Gasteiger partial charge in [-0.3, -0.25) is 10.1 Å². The predicted octanol–water partition coefficient (Wildman–Crippen LogP) is 2.56. The normalized spacial score (nSPS) is 16.7. The lowest BCUT2D eigenvalue weighted by Gasteiger charge is -1.97. The zero-order valence-corrected chi connectivity index (χ0v) is 9.97. The third-order valence-corrected chi connectivity index (χ3v) is 2.50. The van der Waals surface area contributed by atoms with Gasteiger partial charge in [-0.15, -0.1) is 0 Å². The summed E-state index contributed by atoms with van der Waals surface area (Å²) in [6.45, 7) is 1.56. The van der Waals surface area contributed by atoms with Crippen molar-refractivity contribution in [2.45, 2.75) is 6.92 Å². The molecule has 0 unspecified atom stereocenters. The molecule has 0 radical (unpaired) electrons. The maximum atomic E-state index is 11.3. The van der Waals surface area contributed by atoms with Gasteiger partial charge in [0.05, 0.1) is 4.92 Å². The largest absolute Gasteiger partial charge is 0.407 e. The van der Waals surface area contributed by atoms with E-state index in [2.05, 4.69) is 4.99 Å². The van der Waals surface area contributed by atoms with E-state index in [0.717, 1.165) is 0 Å². The number of carbonyl (C=O) groups excluding carboxylic acids is 1. The van der Waals surface area contributed by atoms with Gasteiger partial charge < -0.3 is 4.74 Å². The number of nitro groups is 1. The van der Waals surface area contributed by atoms with Gasteiger partial charge in [-0.1, -0.05) is 11.6 Å². The van der Waals surface area contributed by atoms with Crippen molar-refractivity contribution in [2.24, 2.45) is 4.99 Å². The smallest absolute Gasteiger partial charge is 0.363 e. The Balaban J connectivity index is 2.37. The quantitative estimate of drug-likeness (QED) is 0.356. The van der Waals surface area contributed by atoms with E-state index in [1.807, 2.05) is 0 Å². The number of hydrogen-bond donors (Lipinski definition) is 0. The van der Waals surface area contributed by atoms with Crippen molar-refractivity contribution >= 4 is 35.2 Å². The fourth-order valence-corrected chi connectivity index (χ4v) is 1.69. The monoisotopic (exact) mass is 266 g/mol. The van der Waals surface area contributed by atoms with Gasteiger partial charge in [0.1, 0.15) is 5.02 Å². The van der Waals surface area contributed by atoms with Crippen molar-refractivity contribution in [3.63, 3.8) is 0 Å². The molecule has 0 saturated heterocycles. The van der Waals surface area contributed by atoms with Crippen molar-refractivity contribution in [1.82, 2.24) is 0 Å². The Kier molecular flexibility index (Phi) is 3.12. The molecule has 1 aromatic rings. The summed E-state index contributed by atoms with van der Waals surface area (Å²) < 4.78 is 4.74. The first-order valence-electron chi connectivity index (χ1n) is 4.90. The van der Waals surface area contributed by atoms with Crippen LogP contribution in [0.4, 0.5) is 5.69 Å². The van der Waals surface area contributed by atoms with E-state index >= 15 is 0 Å². The van der Waals surface area contributed by atoms with Crippen LogP contribution in [0, 0.1) is 10.1 Å². The average Bonchev–Trinajstić information content (AvgIpc) is 2.57. The van der Waals surface area contributed by atoms with Crippen LogP contribution in [0.5, 0.6) is 0 Å². The van der Waals surface area contributed by atoms with E-state index in [1.165, 1.54) is 24.3 Å². The number of rotatable bonds is 2. The molecule has 0 bridgehead atoms. The first-order valence-corrected chi connectivity index (χ1v) is 5.28. The minimum absolute atomic E-state index is 0.00131. The summed E-state index contributed by atoms with van der Waals surface area (Å²) in [5.74, 6) is -0.291. The van der Waals surface area contributed by atoms with Crippen LogP contribution in [0.1, 0.15) is 12.5 Å². The fraction of sp³-hybridized carbons (Fsp3) is 0.0909. The topological polar surface area (TPSA) is 81.8 Å². The van der Waals surface area contributed by atoms with Gasteiger partial charge in [0.15, 0.2) is 11.6 Å². The number of esters is 1. The van der Waals surface area contributed by atoms with Gasteiger partial charge in [-0.05, 0) is 23.8 Å². The van der Waals surface area contributed by atoms with Crippen LogP contribution >= 0.6 is 11.6 Å². The van der Waals surface area contributed by atoms with Crippen molar-refractivity contribution in [3.8, 4) is 0 Å². The Bertz CT molecular complexity index is 607. The molecule has 0 aliphatic carbocycles. The van der Waals surface area contributed by atoms with Crippen LogP contribution in [-0.4, -0.2) is 16.8 Å². The van der Waals surface area contributed by atoms with Gasteiger partial charge in [-0.2, -0.15) is 0 Å². The van der Waals surface area contributed by atoms with E-state index in [-0.39, 0.29) is 22.3 Å². The molecule has 1 aliphatic heterocycles. The lowest BCUT2D eigenvalue weighted by atomic mass is 10.2. The Hall–Kier alpha value is -2.21. The third kappa shape index (κ3) is 2.38. The Morgan fingerprint density at radius 1 is 1.50 bits per heavy atom. The molecular formula is C11H7ClN2O4. The molecule has 0 N–H and O–H groups in total. The van der Waals surface area contributed by atoms with E-state index in [1.54, 1.807) is 6.92 Å². The summed E-state index contributed by atoms with van der Waals surface area (Å²) in [5.41, 5.74) is 0.487. The van der Waals surface area contributed by atoms with E-state index in [0.29, 0.717) is 5.56 Å². The van der Waals surface area contributed by atoms with Crippen molar-refractivity contribution in [3.05, 3.63) is 44.6 Å². The first-order chi connectivity index (χ1) is 8.47. The van der Waals surface area contributed by atoms with Crippen molar-refractivity contribution in [1.29, 1.82) is 0 Å². The van der Waals surface area contributed by atoms with E-state index in [4.69, 9.17) is 16.3 Å². The Morgan fingerprint density at radius 3 is 2.72 bits per heavy atom. The second-order valence-electron chi connectivity index (χ2n) is 3.52. The highest BCUT2D eigenvalue weighted by Crippen LogP contribution is 2.26. The Labute approximate surface area is 107 Å². The number of cyclic esters (lactones) is 1. The van der Waals surface area contributed by atoms with Gasteiger partial charge >= 0.3 is 5.97 Å². The molecule has 18 heavy (non-hydrogen) atoms. The predicted molar refractivity (Wildman–Crippen MR) is 65.3 cm³/mol. The highest BCUT2D eigenvalue weighted by molar-refractivity contribution is 6.32. The standard InChI is InChI=1S/C11H7ClN2O4/c1-6-13-9(11(15)18-6)5-7-2-3-10(14(16)17)8(12)4-7/h2-5H,1H3. The highest BCUT2D eigenvalue weighted by atomic mass is 35.5. The summed E-state index contributed by atoms with van der Waals surface area (Å²) in [7, 11) is 0. The Morgan fingerprint density at radius 2 is 2.22 bits per heavy atom. The summed E-state index contributed by atoms with van der Waals surface area (Å²) >= 11 is 5.75. The second-order valence-corrected chi connectivity index (χ2v) is 3.93. The third-order valence-electron chi connectivity index (χ3n) is 2.20.